The third-order valence-electron chi connectivity index (χ3n) is 7.92. The van der Waals surface area contributed by atoms with Gasteiger partial charge in [-0.25, -0.2) is 4.79 Å². The van der Waals surface area contributed by atoms with Gasteiger partial charge in [-0.05, 0) is 53.4 Å². The number of aliphatic hydroxyl groups excluding tert-OH is 1. The predicted octanol–water partition coefficient (Wildman–Crippen LogP) is 6.18. The highest BCUT2D eigenvalue weighted by Crippen LogP contribution is 2.48. The number of carboxylic acid groups (broad SMARTS) is 1. The Kier molecular flexibility index (Phi) is 11.4. The Balaban J connectivity index is 1.41. The summed E-state index contributed by atoms with van der Waals surface area (Å²) in [6.07, 6.45) is -2.28. The van der Waals surface area contributed by atoms with E-state index in [1.165, 1.54) is 13.8 Å². The summed E-state index contributed by atoms with van der Waals surface area (Å²) in [5.41, 5.74) is 4.69. The number of ether oxygens (including phenoxy) is 3. The zero-order valence-electron chi connectivity index (χ0n) is 26.1. The molecule has 244 valence electrons. The summed E-state index contributed by atoms with van der Waals surface area (Å²) in [5.74, 6) is -1.48. The van der Waals surface area contributed by atoms with Crippen LogP contribution in [0, 0.1) is 0 Å². The molecule has 1 heterocycles. The van der Waals surface area contributed by atoms with Gasteiger partial charge in [0.25, 0.3) is 5.91 Å². The first-order valence-corrected chi connectivity index (χ1v) is 16.3. The van der Waals surface area contributed by atoms with Crippen molar-refractivity contribution in [3.63, 3.8) is 0 Å². The maximum Gasteiger partial charge on any atom is 0.335 e. The summed E-state index contributed by atoms with van der Waals surface area (Å²) in [6, 6.07) is 32.2. The summed E-state index contributed by atoms with van der Waals surface area (Å²) in [6.45, 7) is 2.98. The van der Waals surface area contributed by atoms with Crippen molar-refractivity contribution in [3.8, 4) is 0 Å². The second-order valence-electron chi connectivity index (χ2n) is 11.3. The van der Waals surface area contributed by atoms with E-state index in [1.807, 2.05) is 66.7 Å². The van der Waals surface area contributed by atoms with E-state index in [-0.39, 0.29) is 42.7 Å². The van der Waals surface area contributed by atoms with E-state index >= 15 is 0 Å². The third-order valence-corrected chi connectivity index (χ3v) is 9.02. The third kappa shape index (κ3) is 8.87. The van der Waals surface area contributed by atoms with Crippen molar-refractivity contribution in [2.75, 3.05) is 5.75 Å². The van der Waals surface area contributed by atoms with Crippen LogP contribution < -0.4 is 5.32 Å². The van der Waals surface area contributed by atoms with Crippen LogP contribution in [0.4, 0.5) is 0 Å². The van der Waals surface area contributed by atoms with E-state index in [0.717, 1.165) is 32.7 Å². The fourth-order valence-corrected chi connectivity index (χ4v) is 6.42. The van der Waals surface area contributed by atoms with Crippen molar-refractivity contribution in [2.24, 2.45) is 0 Å². The summed E-state index contributed by atoms with van der Waals surface area (Å²) < 4.78 is 18.4. The molecule has 5 unspecified atom stereocenters. The lowest BCUT2D eigenvalue weighted by Gasteiger charge is -2.43. The van der Waals surface area contributed by atoms with Gasteiger partial charge in [0.05, 0.1) is 24.4 Å². The maximum absolute atomic E-state index is 12.3. The Labute approximate surface area is 277 Å². The number of benzene rings is 4. The molecular weight excluding hydrogens is 618 g/mol. The van der Waals surface area contributed by atoms with E-state index in [1.54, 1.807) is 36.0 Å². The van der Waals surface area contributed by atoms with Gasteiger partial charge in [0, 0.05) is 35.6 Å². The number of carboxylic acids is 1. The molecule has 0 radical (unpaired) electrons. The van der Waals surface area contributed by atoms with E-state index in [2.05, 4.69) is 17.4 Å². The van der Waals surface area contributed by atoms with Crippen LogP contribution in [0.1, 0.15) is 70.3 Å². The summed E-state index contributed by atoms with van der Waals surface area (Å²) in [4.78, 5) is 35.8. The fraction of sp³-hybridized carbons (Fsp3) is 0.270. The Bertz CT molecular complexity index is 1650. The number of hydrogen-bond donors (Lipinski definition) is 3. The Morgan fingerprint density at radius 2 is 1.47 bits per heavy atom. The molecule has 4 aromatic carbocycles. The lowest BCUT2D eigenvalue weighted by molar-refractivity contribution is -0.255. The van der Waals surface area contributed by atoms with Gasteiger partial charge in [0.1, 0.15) is 0 Å². The number of carbonyl (C=O) groups is 3. The first kappa shape index (κ1) is 33.9. The quantitative estimate of drug-likeness (QED) is 0.121. The van der Waals surface area contributed by atoms with Crippen LogP contribution in [0.3, 0.4) is 0 Å². The van der Waals surface area contributed by atoms with Crippen LogP contribution in [0.25, 0.3) is 0 Å². The van der Waals surface area contributed by atoms with Gasteiger partial charge in [-0.15, -0.1) is 11.8 Å². The van der Waals surface area contributed by atoms with Gasteiger partial charge in [-0.3, -0.25) is 9.59 Å². The molecule has 0 aliphatic carbocycles. The number of hydrogen-bond acceptors (Lipinski definition) is 8. The molecule has 1 saturated heterocycles. The molecule has 4 aromatic rings. The number of aromatic carboxylic acids is 1. The van der Waals surface area contributed by atoms with Crippen LogP contribution in [-0.2, 0) is 37.0 Å². The highest BCUT2D eigenvalue weighted by atomic mass is 32.2. The first-order chi connectivity index (χ1) is 22.7. The number of nitrogens with one attached hydrogen (secondary N) is 1. The monoisotopic (exact) mass is 655 g/mol. The minimum Gasteiger partial charge on any atom is -0.478 e. The van der Waals surface area contributed by atoms with E-state index in [4.69, 9.17) is 14.2 Å². The molecule has 1 aliphatic rings. The molecule has 0 saturated carbocycles. The molecule has 0 aromatic heterocycles. The lowest BCUT2D eigenvalue weighted by Crippen LogP contribution is -2.38. The molecule has 5 rings (SSSR count). The van der Waals surface area contributed by atoms with E-state index in [0.29, 0.717) is 5.75 Å². The molecule has 1 amide bonds. The van der Waals surface area contributed by atoms with Crippen molar-refractivity contribution < 1.29 is 38.8 Å². The lowest BCUT2D eigenvalue weighted by atomic mass is 9.84. The molecule has 10 heteroatoms. The molecule has 0 spiro atoms. The number of amides is 1. The van der Waals surface area contributed by atoms with E-state index < -0.39 is 24.3 Å². The van der Waals surface area contributed by atoms with Gasteiger partial charge in [-0.1, -0.05) is 78.9 Å². The number of rotatable bonds is 12. The van der Waals surface area contributed by atoms with Gasteiger partial charge >= 0.3 is 11.9 Å². The highest BCUT2D eigenvalue weighted by Gasteiger charge is 2.41. The molecule has 9 nitrogen and oxygen atoms in total. The van der Waals surface area contributed by atoms with Gasteiger partial charge in [0.2, 0.25) is 0 Å². The van der Waals surface area contributed by atoms with Crippen LogP contribution in [0.15, 0.2) is 108 Å². The number of thioether (sulfide) groups is 1. The zero-order chi connectivity index (χ0) is 33.3. The summed E-state index contributed by atoms with van der Waals surface area (Å²) in [5, 5.41) is 21.7. The molecular formula is C37H37NO8S. The first-order valence-electron chi connectivity index (χ1n) is 15.3. The van der Waals surface area contributed by atoms with E-state index in [9.17, 15) is 24.6 Å². The Morgan fingerprint density at radius 1 is 0.830 bits per heavy atom. The minimum atomic E-state index is -0.971. The van der Waals surface area contributed by atoms with Crippen molar-refractivity contribution >= 4 is 29.6 Å². The van der Waals surface area contributed by atoms with Crippen LogP contribution in [-0.4, -0.2) is 46.0 Å². The minimum absolute atomic E-state index is 0.0605. The second kappa shape index (κ2) is 15.9. The van der Waals surface area contributed by atoms with Crippen molar-refractivity contribution in [1.29, 1.82) is 0 Å². The molecule has 1 fully saturated rings. The standard InChI is InChI=1S/C37H37NO8S/c1-23(44-24(2)40)35(41)38-20-25-8-14-30(15-9-25)37-45-32(22-47-31-18-16-29(17-19-31)36(42)43)33(27-6-4-3-5-7-27)34(46-37)28-12-10-26(21-39)11-13-28/h3-19,23,32-34,37,39H,20-22H2,1-2H3,(H,38,41)(H,42,43). The molecule has 1 aliphatic heterocycles. The Hall–Kier alpha value is -4.48. The normalized spacial score (nSPS) is 19.8. The average molecular weight is 656 g/mol. The molecule has 5 atom stereocenters. The summed E-state index contributed by atoms with van der Waals surface area (Å²) >= 11 is 1.59. The SMILES string of the molecule is CC(=O)OC(C)C(=O)NCc1ccc(C2OC(CSc3ccc(C(=O)O)cc3)C(c3ccccc3)C(c3ccc(CO)cc3)O2)cc1. The largest absolute Gasteiger partial charge is 0.478 e. The van der Waals surface area contributed by atoms with Crippen molar-refractivity contribution in [2.45, 2.75) is 62.4 Å². The average Bonchev–Trinajstić information content (AvgIpc) is 3.09. The second-order valence-corrected chi connectivity index (χ2v) is 12.3. The maximum atomic E-state index is 12.3. The van der Waals surface area contributed by atoms with Gasteiger partial charge in [-0.2, -0.15) is 0 Å². The molecule has 3 N–H and O–H groups in total. The number of aliphatic hydroxyl groups is 1. The fourth-order valence-electron chi connectivity index (χ4n) is 5.45. The molecule has 47 heavy (non-hydrogen) atoms. The van der Waals surface area contributed by atoms with Crippen LogP contribution in [0.5, 0.6) is 0 Å². The van der Waals surface area contributed by atoms with Crippen molar-refractivity contribution in [1.82, 2.24) is 5.32 Å². The van der Waals surface area contributed by atoms with Gasteiger partial charge < -0.3 is 29.7 Å². The predicted molar refractivity (Wildman–Crippen MR) is 177 cm³/mol. The number of esters is 1. The topological polar surface area (TPSA) is 131 Å². The van der Waals surface area contributed by atoms with Crippen LogP contribution >= 0.6 is 11.8 Å². The zero-order valence-corrected chi connectivity index (χ0v) is 26.9. The van der Waals surface area contributed by atoms with Crippen molar-refractivity contribution in [3.05, 3.63) is 137 Å². The highest BCUT2D eigenvalue weighted by molar-refractivity contribution is 7.99. The smallest absolute Gasteiger partial charge is 0.335 e. The van der Waals surface area contributed by atoms with Crippen LogP contribution in [0.2, 0.25) is 0 Å². The summed E-state index contributed by atoms with van der Waals surface area (Å²) in [7, 11) is 0. The number of carbonyl (C=O) groups excluding carboxylic acids is 2. The Morgan fingerprint density at radius 3 is 2.09 bits per heavy atom. The van der Waals surface area contributed by atoms with Gasteiger partial charge in [0.15, 0.2) is 12.4 Å². The molecule has 0 bridgehead atoms.